The van der Waals surface area contributed by atoms with Crippen molar-refractivity contribution < 1.29 is 27.8 Å². The van der Waals surface area contributed by atoms with Gasteiger partial charge in [-0.2, -0.15) is 8.78 Å². The van der Waals surface area contributed by atoms with E-state index in [-0.39, 0.29) is 35.0 Å². The number of amides is 1. The molecule has 0 bridgehead atoms. The molecule has 3 rings (SSSR count). The van der Waals surface area contributed by atoms with E-state index in [0.29, 0.717) is 5.69 Å². The van der Waals surface area contributed by atoms with Crippen molar-refractivity contribution in [3.8, 4) is 5.75 Å². The predicted molar refractivity (Wildman–Crippen MR) is 108 cm³/mol. The van der Waals surface area contributed by atoms with Gasteiger partial charge < -0.3 is 14.4 Å². The lowest BCUT2D eigenvalue weighted by Crippen LogP contribution is -2.28. The summed E-state index contributed by atoms with van der Waals surface area (Å²) in [6.07, 6.45) is 0. The third-order valence-electron chi connectivity index (χ3n) is 4.37. The third-order valence-corrected chi connectivity index (χ3v) is 4.37. The van der Waals surface area contributed by atoms with Gasteiger partial charge in [0, 0.05) is 18.3 Å². The molecule has 0 atom stereocenters. The van der Waals surface area contributed by atoms with E-state index >= 15 is 0 Å². The van der Waals surface area contributed by atoms with Crippen molar-refractivity contribution in [1.82, 2.24) is 0 Å². The number of esters is 1. The topological polar surface area (TPSA) is 55.8 Å². The quantitative estimate of drug-likeness (QED) is 0.518. The molecule has 0 aromatic heterocycles. The second kappa shape index (κ2) is 9.65. The average Bonchev–Trinajstić information content (AvgIpc) is 2.77. The maximum absolute atomic E-state index is 12.9. The Balaban J connectivity index is 1.78. The summed E-state index contributed by atoms with van der Waals surface area (Å²) in [5.41, 5.74) is 1.21. The first-order valence-corrected chi connectivity index (χ1v) is 9.09. The maximum atomic E-state index is 12.9. The molecule has 154 valence electrons. The normalized spacial score (nSPS) is 10.5. The Morgan fingerprint density at radius 3 is 2.17 bits per heavy atom. The van der Waals surface area contributed by atoms with Crippen LogP contribution < -0.4 is 9.64 Å². The van der Waals surface area contributed by atoms with E-state index in [1.165, 1.54) is 35.2 Å². The summed E-state index contributed by atoms with van der Waals surface area (Å²) < 4.78 is 34.8. The van der Waals surface area contributed by atoms with Gasteiger partial charge in [-0.1, -0.05) is 48.5 Å². The number of rotatable bonds is 7. The maximum Gasteiger partial charge on any atom is 0.387 e. The van der Waals surface area contributed by atoms with Gasteiger partial charge in [-0.15, -0.1) is 0 Å². The van der Waals surface area contributed by atoms with Crippen molar-refractivity contribution in [2.45, 2.75) is 13.2 Å². The Morgan fingerprint density at radius 1 is 0.867 bits per heavy atom. The van der Waals surface area contributed by atoms with Crippen molar-refractivity contribution in [3.05, 3.63) is 95.6 Å². The second-order valence-corrected chi connectivity index (χ2v) is 6.31. The van der Waals surface area contributed by atoms with Crippen LogP contribution in [0.2, 0.25) is 0 Å². The SMILES string of the molecule is CN(C(=O)c1ccccc1C(=O)OCc1ccccc1OC(F)F)c1ccccc1. The van der Waals surface area contributed by atoms with Crippen LogP contribution in [0.3, 0.4) is 0 Å². The van der Waals surface area contributed by atoms with Gasteiger partial charge in [-0.3, -0.25) is 4.79 Å². The van der Waals surface area contributed by atoms with Crippen LogP contribution >= 0.6 is 0 Å². The highest BCUT2D eigenvalue weighted by Crippen LogP contribution is 2.23. The van der Waals surface area contributed by atoms with Crippen LogP contribution in [-0.4, -0.2) is 25.5 Å². The number of carbonyl (C=O) groups excluding carboxylic acids is 2. The van der Waals surface area contributed by atoms with Crippen LogP contribution in [0.1, 0.15) is 26.3 Å². The lowest BCUT2D eigenvalue weighted by molar-refractivity contribution is -0.0510. The Kier molecular flexibility index (Phi) is 6.75. The van der Waals surface area contributed by atoms with Gasteiger partial charge in [0.2, 0.25) is 0 Å². The van der Waals surface area contributed by atoms with Gasteiger partial charge in [0.1, 0.15) is 12.4 Å². The Labute approximate surface area is 172 Å². The molecule has 0 aliphatic heterocycles. The number of ether oxygens (including phenoxy) is 2. The Hall–Kier alpha value is -3.74. The molecule has 0 radical (unpaired) electrons. The molecule has 7 heteroatoms. The predicted octanol–water partition coefficient (Wildman–Crippen LogP) is 4.92. The molecule has 0 aliphatic rings. The summed E-state index contributed by atoms with van der Waals surface area (Å²) in [6, 6.07) is 21.3. The van der Waals surface area contributed by atoms with Crippen LogP contribution in [0.25, 0.3) is 0 Å². The van der Waals surface area contributed by atoms with E-state index in [0.717, 1.165) is 0 Å². The molecule has 0 aliphatic carbocycles. The zero-order valence-corrected chi connectivity index (χ0v) is 16.1. The zero-order chi connectivity index (χ0) is 21.5. The molecular formula is C23H19F2NO4. The summed E-state index contributed by atoms with van der Waals surface area (Å²) >= 11 is 0. The van der Waals surface area contributed by atoms with Crippen molar-refractivity contribution in [3.63, 3.8) is 0 Å². The zero-order valence-electron chi connectivity index (χ0n) is 16.1. The highest BCUT2D eigenvalue weighted by Gasteiger charge is 2.22. The monoisotopic (exact) mass is 411 g/mol. The molecule has 0 saturated heterocycles. The van der Waals surface area contributed by atoms with E-state index in [2.05, 4.69) is 4.74 Å². The molecular weight excluding hydrogens is 392 g/mol. The molecule has 30 heavy (non-hydrogen) atoms. The summed E-state index contributed by atoms with van der Waals surface area (Å²) in [5, 5.41) is 0. The highest BCUT2D eigenvalue weighted by atomic mass is 19.3. The fourth-order valence-corrected chi connectivity index (χ4v) is 2.85. The number of hydrogen-bond donors (Lipinski definition) is 0. The number of hydrogen-bond acceptors (Lipinski definition) is 4. The van der Waals surface area contributed by atoms with Crippen molar-refractivity contribution in [2.75, 3.05) is 11.9 Å². The minimum atomic E-state index is -2.99. The van der Waals surface area contributed by atoms with E-state index in [4.69, 9.17) is 4.74 Å². The van der Waals surface area contributed by atoms with Crippen LogP contribution in [0, 0.1) is 0 Å². The van der Waals surface area contributed by atoms with Gasteiger partial charge in [-0.05, 0) is 30.3 Å². The molecule has 0 heterocycles. The average molecular weight is 411 g/mol. The van der Waals surface area contributed by atoms with Crippen LogP contribution in [0.5, 0.6) is 5.75 Å². The number of nitrogens with zero attached hydrogens (tertiary/aromatic N) is 1. The molecule has 0 spiro atoms. The molecule has 3 aromatic rings. The van der Waals surface area contributed by atoms with Gasteiger partial charge in [0.25, 0.3) is 5.91 Å². The number of carbonyl (C=O) groups is 2. The van der Waals surface area contributed by atoms with Gasteiger partial charge >= 0.3 is 12.6 Å². The van der Waals surface area contributed by atoms with Gasteiger partial charge in [-0.25, -0.2) is 4.79 Å². The summed E-state index contributed by atoms with van der Waals surface area (Å²) in [4.78, 5) is 27.0. The fraction of sp³-hybridized carbons (Fsp3) is 0.130. The number of anilines is 1. The first-order chi connectivity index (χ1) is 14.5. The van der Waals surface area contributed by atoms with E-state index in [1.54, 1.807) is 49.5 Å². The molecule has 5 nitrogen and oxygen atoms in total. The van der Waals surface area contributed by atoms with Crippen molar-refractivity contribution in [2.24, 2.45) is 0 Å². The molecule has 0 fully saturated rings. The largest absolute Gasteiger partial charge is 0.457 e. The minimum absolute atomic E-state index is 0.0755. The number of alkyl halides is 2. The number of para-hydroxylation sites is 2. The summed E-state index contributed by atoms with van der Waals surface area (Å²) in [7, 11) is 1.61. The number of benzene rings is 3. The lowest BCUT2D eigenvalue weighted by Gasteiger charge is -2.19. The second-order valence-electron chi connectivity index (χ2n) is 6.31. The molecule has 0 saturated carbocycles. The minimum Gasteiger partial charge on any atom is -0.457 e. The van der Waals surface area contributed by atoms with E-state index < -0.39 is 12.6 Å². The molecule has 1 amide bonds. The summed E-state index contributed by atoms with van der Waals surface area (Å²) in [5.74, 6) is -1.20. The standard InChI is InChI=1S/C23H19F2NO4/c1-26(17-10-3-2-4-11-17)21(27)18-12-6-7-13-19(18)22(28)29-15-16-9-5-8-14-20(16)30-23(24)25/h2-14,23H,15H2,1H3. The fourth-order valence-electron chi connectivity index (χ4n) is 2.85. The van der Waals surface area contributed by atoms with Crippen molar-refractivity contribution in [1.29, 1.82) is 0 Å². The van der Waals surface area contributed by atoms with Gasteiger partial charge in [0.15, 0.2) is 0 Å². The molecule has 0 unspecified atom stereocenters. The Morgan fingerprint density at radius 2 is 1.47 bits per heavy atom. The summed E-state index contributed by atoms with van der Waals surface area (Å²) in [6.45, 7) is -3.27. The lowest BCUT2D eigenvalue weighted by atomic mass is 10.1. The first-order valence-electron chi connectivity index (χ1n) is 9.09. The van der Waals surface area contributed by atoms with E-state index in [1.807, 2.05) is 6.07 Å². The van der Waals surface area contributed by atoms with E-state index in [9.17, 15) is 18.4 Å². The smallest absolute Gasteiger partial charge is 0.387 e. The van der Waals surface area contributed by atoms with Crippen LogP contribution in [0.15, 0.2) is 78.9 Å². The Bertz CT molecular complexity index is 1020. The third kappa shape index (κ3) is 5.00. The molecule has 3 aromatic carbocycles. The van der Waals surface area contributed by atoms with Gasteiger partial charge in [0.05, 0.1) is 11.1 Å². The van der Waals surface area contributed by atoms with Crippen LogP contribution in [-0.2, 0) is 11.3 Å². The van der Waals surface area contributed by atoms with Crippen molar-refractivity contribution >= 4 is 17.6 Å². The first kappa shape index (κ1) is 21.0. The highest BCUT2D eigenvalue weighted by molar-refractivity contribution is 6.11. The number of halogens is 2. The van der Waals surface area contributed by atoms with Crippen LogP contribution in [0.4, 0.5) is 14.5 Å². The molecule has 0 N–H and O–H groups in total.